The molecule has 14 heavy (non-hydrogen) atoms. The van der Waals surface area contributed by atoms with E-state index in [4.69, 9.17) is 4.74 Å². The quantitative estimate of drug-likeness (QED) is 0.743. The predicted molar refractivity (Wildman–Crippen MR) is 61.0 cm³/mol. The first-order chi connectivity index (χ1) is 6.76. The number of benzene rings is 1. The minimum atomic E-state index is 0.689. The Bertz CT molecular complexity index is 331. The van der Waals surface area contributed by atoms with Gasteiger partial charge >= 0.3 is 0 Å². The van der Waals surface area contributed by atoms with E-state index in [9.17, 15) is 0 Å². The molecule has 0 radical (unpaired) electrons. The zero-order valence-corrected chi connectivity index (χ0v) is 8.37. The van der Waals surface area contributed by atoms with E-state index in [0.717, 1.165) is 5.69 Å². The molecule has 0 atom stereocenters. The number of methoxy groups -OCH3 is 1. The molecule has 74 valence electrons. The normalized spacial score (nSPS) is 9.29. The van der Waals surface area contributed by atoms with Gasteiger partial charge < -0.3 is 10.1 Å². The molecule has 4 heteroatoms. The Morgan fingerprint density at radius 1 is 1.21 bits per heavy atom. The smallest absolute Gasteiger partial charge is 0.123 e. The zero-order chi connectivity index (χ0) is 10.6. The van der Waals surface area contributed by atoms with E-state index in [-0.39, 0.29) is 0 Å². The topological polar surface area (TPSA) is 46.0 Å². The Kier molecular flexibility index (Phi) is 3.23. The molecule has 1 N–H and O–H groups in total. The van der Waals surface area contributed by atoms with Crippen LogP contribution in [0.15, 0.2) is 22.1 Å². The number of hydrogen-bond acceptors (Lipinski definition) is 4. The molecule has 0 saturated heterocycles. The molecule has 0 bridgehead atoms. The van der Waals surface area contributed by atoms with Gasteiger partial charge in [0.15, 0.2) is 0 Å². The van der Waals surface area contributed by atoms with Crippen molar-refractivity contribution in [2.75, 3.05) is 19.5 Å². The molecule has 0 aliphatic heterocycles. The van der Waals surface area contributed by atoms with Gasteiger partial charge in [0.1, 0.15) is 5.75 Å². The summed E-state index contributed by atoms with van der Waals surface area (Å²) >= 11 is 0. The lowest BCUT2D eigenvalue weighted by molar-refractivity contribution is 0.415. The van der Waals surface area contributed by atoms with Crippen LogP contribution in [0.2, 0.25) is 0 Å². The van der Waals surface area contributed by atoms with Crippen LogP contribution in [0.4, 0.5) is 17.1 Å². The van der Waals surface area contributed by atoms with Crippen molar-refractivity contribution < 1.29 is 4.74 Å². The molecule has 1 aromatic rings. The Hall–Kier alpha value is -1.84. The van der Waals surface area contributed by atoms with Gasteiger partial charge in [-0.05, 0) is 13.4 Å². The summed E-state index contributed by atoms with van der Waals surface area (Å²) in [5.41, 5.74) is 2.21. The van der Waals surface area contributed by atoms with Crippen LogP contribution in [0.3, 0.4) is 0 Å². The van der Waals surface area contributed by atoms with Crippen molar-refractivity contribution in [2.45, 2.75) is 0 Å². The highest BCUT2D eigenvalue weighted by Gasteiger charge is 2.07. The van der Waals surface area contributed by atoms with E-state index in [1.165, 1.54) is 0 Å². The fourth-order valence-electron chi connectivity index (χ4n) is 1.21. The standard InChI is InChI=1S/C10H13N3O/c1-11-8-5-7(14-4)6-9(12-2)10(8)13-3/h5-6,13H,1-2H2,3-4H3. The van der Waals surface area contributed by atoms with Gasteiger partial charge in [0.25, 0.3) is 0 Å². The molecule has 0 heterocycles. The highest BCUT2D eigenvalue weighted by molar-refractivity contribution is 5.82. The number of anilines is 1. The molecule has 4 nitrogen and oxygen atoms in total. The molecule has 0 amide bonds. The van der Waals surface area contributed by atoms with Gasteiger partial charge in [-0.15, -0.1) is 0 Å². The average molecular weight is 191 g/mol. The number of nitrogens with one attached hydrogen (secondary N) is 1. The Labute approximate surface area is 83.3 Å². The molecule has 0 aliphatic carbocycles. The van der Waals surface area contributed by atoms with E-state index in [1.807, 2.05) is 0 Å². The summed E-state index contributed by atoms with van der Waals surface area (Å²) in [5, 5.41) is 2.99. The summed E-state index contributed by atoms with van der Waals surface area (Å²) in [4.78, 5) is 7.76. The average Bonchev–Trinajstić information content (AvgIpc) is 2.26. The first kappa shape index (κ1) is 10.2. The summed E-state index contributed by atoms with van der Waals surface area (Å²) in [6, 6.07) is 3.57. The van der Waals surface area contributed by atoms with E-state index in [1.54, 1.807) is 26.3 Å². The number of aliphatic imine (C=N–C) groups is 2. The van der Waals surface area contributed by atoms with Gasteiger partial charge in [-0.3, -0.25) is 9.98 Å². The lowest BCUT2D eigenvalue weighted by Gasteiger charge is -2.10. The molecule has 0 aliphatic rings. The first-order valence-electron chi connectivity index (χ1n) is 4.10. The summed E-state index contributed by atoms with van der Waals surface area (Å²) in [6.07, 6.45) is 0. The second kappa shape index (κ2) is 4.41. The van der Waals surface area contributed by atoms with Gasteiger partial charge in [0.2, 0.25) is 0 Å². The van der Waals surface area contributed by atoms with E-state index >= 15 is 0 Å². The molecular weight excluding hydrogens is 178 g/mol. The van der Waals surface area contributed by atoms with Crippen LogP contribution in [-0.4, -0.2) is 27.6 Å². The first-order valence-corrected chi connectivity index (χ1v) is 4.10. The summed E-state index contributed by atoms with van der Waals surface area (Å²) in [5.74, 6) is 0.689. The van der Waals surface area contributed by atoms with Crippen LogP contribution in [0.1, 0.15) is 0 Å². The summed E-state index contributed by atoms with van der Waals surface area (Å²) in [6.45, 7) is 6.97. The molecule has 1 rings (SSSR count). The molecular formula is C10H13N3O. The predicted octanol–water partition coefficient (Wildman–Crippen LogP) is 2.40. The van der Waals surface area contributed by atoms with Gasteiger partial charge in [0, 0.05) is 19.2 Å². The van der Waals surface area contributed by atoms with Crippen LogP contribution in [0.25, 0.3) is 0 Å². The van der Waals surface area contributed by atoms with E-state index < -0.39 is 0 Å². The highest BCUT2D eigenvalue weighted by Crippen LogP contribution is 2.38. The maximum absolute atomic E-state index is 5.10. The monoisotopic (exact) mass is 191 g/mol. The third-order valence-electron chi connectivity index (χ3n) is 1.90. The third-order valence-corrected chi connectivity index (χ3v) is 1.90. The second-order valence-corrected chi connectivity index (χ2v) is 2.61. The van der Waals surface area contributed by atoms with Crippen molar-refractivity contribution in [2.24, 2.45) is 9.98 Å². The van der Waals surface area contributed by atoms with Crippen molar-refractivity contribution in [1.29, 1.82) is 0 Å². The summed E-state index contributed by atoms with van der Waals surface area (Å²) < 4.78 is 5.10. The lowest BCUT2D eigenvalue weighted by Crippen LogP contribution is -1.91. The fraction of sp³-hybridized carbons (Fsp3) is 0.200. The fourth-order valence-corrected chi connectivity index (χ4v) is 1.21. The van der Waals surface area contributed by atoms with Gasteiger partial charge in [-0.25, -0.2) is 0 Å². The number of nitrogens with zero attached hydrogens (tertiary/aromatic N) is 2. The molecule has 0 fully saturated rings. The Morgan fingerprint density at radius 2 is 1.71 bits per heavy atom. The SMILES string of the molecule is C=Nc1cc(OC)cc(N=C)c1NC. The highest BCUT2D eigenvalue weighted by atomic mass is 16.5. The number of hydrogen-bond donors (Lipinski definition) is 1. The Balaban J connectivity index is 3.38. The number of rotatable bonds is 4. The molecule has 0 spiro atoms. The van der Waals surface area contributed by atoms with Crippen LogP contribution < -0.4 is 10.1 Å². The van der Waals surface area contributed by atoms with Crippen LogP contribution in [0, 0.1) is 0 Å². The van der Waals surface area contributed by atoms with Gasteiger partial charge in [-0.2, -0.15) is 0 Å². The van der Waals surface area contributed by atoms with Crippen molar-refractivity contribution in [3.8, 4) is 5.75 Å². The minimum Gasteiger partial charge on any atom is -0.497 e. The molecule has 0 saturated carbocycles. The molecule has 0 unspecified atom stereocenters. The second-order valence-electron chi connectivity index (χ2n) is 2.61. The molecule has 1 aromatic carbocycles. The minimum absolute atomic E-state index is 0.689. The van der Waals surface area contributed by atoms with Crippen LogP contribution >= 0.6 is 0 Å². The van der Waals surface area contributed by atoms with Gasteiger partial charge in [0.05, 0.1) is 24.2 Å². The van der Waals surface area contributed by atoms with Gasteiger partial charge in [-0.1, -0.05) is 0 Å². The summed E-state index contributed by atoms with van der Waals surface area (Å²) in [7, 11) is 3.39. The maximum Gasteiger partial charge on any atom is 0.123 e. The number of ether oxygens (including phenoxy) is 1. The lowest BCUT2D eigenvalue weighted by atomic mass is 10.2. The van der Waals surface area contributed by atoms with Crippen LogP contribution in [-0.2, 0) is 0 Å². The largest absolute Gasteiger partial charge is 0.497 e. The van der Waals surface area contributed by atoms with Crippen molar-refractivity contribution >= 4 is 30.5 Å². The Morgan fingerprint density at radius 3 is 2.00 bits per heavy atom. The zero-order valence-electron chi connectivity index (χ0n) is 8.37. The van der Waals surface area contributed by atoms with E-state index in [2.05, 4.69) is 28.7 Å². The van der Waals surface area contributed by atoms with Crippen molar-refractivity contribution in [3.63, 3.8) is 0 Å². The molecule has 0 aromatic heterocycles. The van der Waals surface area contributed by atoms with Crippen LogP contribution in [0.5, 0.6) is 5.75 Å². The van der Waals surface area contributed by atoms with Crippen molar-refractivity contribution in [3.05, 3.63) is 12.1 Å². The third kappa shape index (κ3) is 1.74. The van der Waals surface area contributed by atoms with E-state index in [0.29, 0.717) is 17.1 Å². The maximum atomic E-state index is 5.10. The van der Waals surface area contributed by atoms with Crippen molar-refractivity contribution in [1.82, 2.24) is 0 Å².